The van der Waals surface area contributed by atoms with Crippen LogP contribution in [0.4, 0.5) is 4.39 Å². The number of carbonyl (C=O) groups is 1. The van der Waals surface area contributed by atoms with E-state index in [0.717, 1.165) is 0 Å². The molecule has 2 aromatic carbocycles. The average molecular weight is 312 g/mol. The molecule has 0 saturated carbocycles. The Labute approximate surface area is 131 Å². The predicted molar refractivity (Wildman–Crippen MR) is 81.8 cm³/mol. The van der Waals surface area contributed by atoms with Gasteiger partial charge >= 0.3 is 0 Å². The van der Waals surface area contributed by atoms with Crippen molar-refractivity contribution in [2.75, 3.05) is 7.11 Å². The van der Waals surface area contributed by atoms with E-state index in [1.54, 1.807) is 42.5 Å². The van der Waals surface area contributed by atoms with Crippen molar-refractivity contribution >= 4 is 5.91 Å². The molecule has 0 saturated heterocycles. The minimum absolute atomic E-state index is 0.227. The van der Waals surface area contributed by atoms with Gasteiger partial charge in [-0.25, -0.2) is 14.9 Å². The van der Waals surface area contributed by atoms with Gasteiger partial charge in [0.1, 0.15) is 5.82 Å². The van der Waals surface area contributed by atoms with Crippen LogP contribution in [0.1, 0.15) is 10.4 Å². The second kappa shape index (κ2) is 6.41. The summed E-state index contributed by atoms with van der Waals surface area (Å²) in [6, 6.07) is 13.0. The molecule has 0 aliphatic heterocycles. The van der Waals surface area contributed by atoms with Crippen LogP contribution in [0.15, 0.2) is 59.1 Å². The third-order valence-corrected chi connectivity index (χ3v) is 3.24. The van der Waals surface area contributed by atoms with E-state index in [-0.39, 0.29) is 5.89 Å². The number of hydrogen-bond acceptors (Lipinski definition) is 4. The molecule has 0 fully saturated rings. The van der Waals surface area contributed by atoms with Gasteiger partial charge in [-0.05, 0) is 24.3 Å². The second-order valence-corrected chi connectivity index (χ2v) is 4.69. The molecule has 1 aromatic heterocycles. The van der Waals surface area contributed by atoms with E-state index >= 15 is 0 Å². The molecule has 0 atom stereocenters. The molecule has 0 bridgehead atoms. The van der Waals surface area contributed by atoms with Crippen molar-refractivity contribution in [3.8, 4) is 22.8 Å². The summed E-state index contributed by atoms with van der Waals surface area (Å²) < 4.78 is 19.5. The molecule has 3 rings (SSSR count). The van der Waals surface area contributed by atoms with Gasteiger partial charge < -0.3 is 4.42 Å². The first-order chi connectivity index (χ1) is 11.2. The van der Waals surface area contributed by atoms with Gasteiger partial charge in [0.05, 0.1) is 24.4 Å². The van der Waals surface area contributed by atoms with Crippen LogP contribution in [-0.2, 0) is 4.84 Å². The molecule has 6 heteroatoms. The highest BCUT2D eigenvalue weighted by atomic mass is 19.1. The van der Waals surface area contributed by atoms with Crippen molar-refractivity contribution in [1.82, 2.24) is 10.5 Å². The summed E-state index contributed by atoms with van der Waals surface area (Å²) >= 11 is 0. The smallest absolute Gasteiger partial charge is 0.275 e. The van der Waals surface area contributed by atoms with Crippen molar-refractivity contribution in [1.29, 1.82) is 0 Å². The van der Waals surface area contributed by atoms with Gasteiger partial charge in [-0.1, -0.05) is 24.3 Å². The molecule has 23 heavy (non-hydrogen) atoms. The van der Waals surface area contributed by atoms with Gasteiger partial charge in [0.15, 0.2) is 5.76 Å². The monoisotopic (exact) mass is 312 g/mol. The van der Waals surface area contributed by atoms with Crippen molar-refractivity contribution < 1.29 is 18.4 Å². The van der Waals surface area contributed by atoms with Gasteiger partial charge in [0, 0.05) is 5.56 Å². The quantitative estimate of drug-likeness (QED) is 0.750. The molecule has 0 radical (unpaired) electrons. The zero-order chi connectivity index (χ0) is 16.2. The Hall–Kier alpha value is -2.99. The van der Waals surface area contributed by atoms with Crippen LogP contribution >= 0.6 is 0 Å². The highest BCUT2D eigenvalue weighted by Crippen LogP contribution is 2.29. The molecular weight excluding hydrogens is 299 g/mol. The third-order valence-electron chi connectivity index (χ3n) is 3.24. The summed E-state index contributed by atoms with van der Waals surface area (Å²) in [5.41, 5.74) is 3.40. The maximum atomic E-state index is 13.8. The zero-order valence-electron chi connectivity index (χ0n) is 12.2. The predicted octanol–water partition coefficient (Wildman–Crippen LogP) is 3.44. The van der Waals surface area contributed by atoms with Crippen molar-refractivity contribution in [3.05, 3.63) is 66.1 Å². The summed E-state index contributed by atoms with van der Waals surface area (Å²) in [7, 11) is 1.35. The number of nitrogens with zero attached hydrogens (tertiary/aromatic N) is 1. The number of benzene rings is 2. The molecule has 116 valence electrons. The Balaban J connectivity index is 2.02. The summed E-state index contributed by atoms with van der Waals surface area (Å²) in [5.74, 6) is -0.306. The molecule has 1 N–H and O–H groups in total. The van der Waals surface area contributed by atoms with Gasteiger partial charge in [-0.3, -0.25) is 9.63 Å². The molecular formula is C17H13FN2O3. The fourth-order valence-electron chi connectivity index (χ4n) is 2.20. The Kier molecular flexibility index (Phi) is 4.16. The lowest BCUT2D eigenvalue weighted by molar-refractivity contribution is 0.0538. The number of halogens is 1. The number of nitrogens with one attached hydrogen (secondary N) is 1. The molecule has 0 spiro atoms. The number of rotatable bonds is 4. The maximum absolute atomic E-state index is 13.8. The van der Waals surface area contributed by atoms with Gasteiger partial charge in [-0.15, -0.1) is 0 Å². The van der Waals surface area contributed by atoms with Crippen LogP contribution in [0.25, 0.3) is 22.8 Å². The van der Waals surface area contributed by atoms with E-state index in [1.165, 1.54) is 19.4 Å². The lowest BCUT2D eigenvalue weighted by Gasteiger charge is -2.06. The van der Waals surface area contributed by atoms with Gasteiger partial charge in [0.25, 0.3) is 5.91 Å². The lowest BCUT2D eigenvalue weighted by atomic mass is 10.1. The molecule has 3 aromatic rings. The van der Waals surface area contributed by atoms with Crippen LogP contribution in [-0.4, -0.2) is 18.0 Å². The Bertz CT molecular complexity index is 845. The number of carbonyl (C=O) groups excluding carboxylic acids is 1. The Morgan fingerprint density at radius 3 is 2.57 bits per heavy atom. The average Bonchev–Trinajstić information content (AvgIpc) is 3.05. The fourth-order valence-corrected chi connectivity index (χ4v) is 2.20. The minimum atomic E-state index is -0.422. The van der Waals surface area contributed by atoms with E-state index in [1.807, 2.05) is 0 Å². The molecule has 1 amide bonds. The van der Waals surface area contributed by atoms with Gasteiger partial charge in [-0.2, -0.15) is 0 Å². The van der Waals surface area contributed by atoms with E-state index in [9.17, 15) is 9.18 Å². The first kappa shape index (κ1) is 14.9. The molecule has 1 heterocycles. The number of oxazole rings is 1. The standard InChI is InChI=1S/C17H13FN2O3/c1-22-20-16(21)11-6-2-3-7-12(11)17-19-10-15(23-17)13-8-4-5-9-14(13)18/h2-10H,1H3,(H,20,21). The summed E-state index contributed by atoms with van der Waals surface area (Å²) in [4.78, 5) is 20.8. The van der Waals surface area contributed by atoms with E-state index in [4.69, 9.17) is 4.42 Å². The highest BCUT2D eigenvalue weighted by Gasteiger charge is 2.17. The van der Waals surface area contributed by atoms with Crippen LogP contribution in [0.2, 0.25) is 0 Å². The topological polar surface area (TPSA) is 64.4 Å². The Morgan fingerprint density at radius 2 is 1.83 bits per heavy atom. The molecule has 0 unspecified atom stereocenters. The zero-order valence-corrected chi connectivity index (χ0v) is 12.2. The number of aromatic nitrogens is 1. The van der Waals surface area contributed by atoms with Crippen LogP contribution in [0.3, 0.4) is 0 Å². The van der Waals surface area contributed by atoms with Crippen molar-refractivity contribution in [2.45, 2.75) is 0 Å². The van der Waals surface area contributed by atoms with Crippen molar-refractivity contribution in [2.24, 2.45) is 0 Å². The summed E-state index contributed by atoms with van der Waals surface area (Å²) in [6.07, 6.45) is 1.43. The van der Waals surface area contributed by atoms with E-state index in [0.29, 0.717) is 22.5 Å². The first-order valence-electron chi connectivity index (χ1n) is 6.84. The van der Waals surface area contributed by atoms with Crippen LogP contribution in [0, 0.1) is 5.82 Å². The summed E-state index contributed by atoms with van der Waals surface area (Å²) in [5, 5.41) is 0. The van der Waals surface area contributed by atoms with Crippen LogP contribution in [0.5, 0.6) is 0 Å². The maximum Gasteiger partial charge on any atom is 0.275 e. The number of amides is 1. The van der Waals surface area contributed by atoms with E-state index in [2.05, 4.69) is 15.3 Å². The fraction of sp³-hybridized carbons (Fsp3) is 0.0588. The minimum Gasteiger partial charge on any atom is -0.436 e. The second-order valence-electron chi connectivity index (χ2n) is 4.69. The summed E-state index contributed by atoms with van der Waals surface area (Å²) in [6.45, 7) is 0. The number of hydrogen-bond donors (Lipinski definition) is 1. The molecule has 5 nitrogen and oxygen atoms in total. The van der Waals surface area contributed by atoms with Crippen molar-refractivity contribution in [3.63, 3.8) is 0 Å². The SMILES string of the molecule is CONC(=O)c1ccccc1-c1ncc(-c2ccccc2F)o1. The largest absolute Gasteiger partial charge is 0.436 e. The molecule has 0 aliphatic carbocycles. The first-order valence-corrected chi connectivity index (χ1v) is 6.84. The van der Waals surface area contributed by atoms with E-state index < -0.39 is 11.7 Å². The third kappa shape index (κ3) is 2.97. The Morgan fingerprint density at radius 1 is 1.13 bits per heavy atom. The molecule has 0 aliphatic rings. The van der Waals surface area contributed by atoms with Crippen LogP contribution < -0.4 is 5.48 Å². The van der Waals surface area contributed by atoms with Gasteiger partial charge in [0.2, 0.25) is 5.89 Å². The number of hydroxylamine groups is 1. The normalized spacial score (nSPS) is 10.5. The highest BCUT2D eigenvalue weighted by molar-refractivity contribution is 5.99. The lowest BCUT2D eigenvalue weighted by Crippen LogP contribution is -2.22.